The predicted molar refractivity (Wildman–Crippen MR) is 82.3 cm³/mol. The summed E-state index contributed by atoms with van der Waals surface area (Å²) >= 11 is 1.64. The number of benzene rings is 1. The molecule has 0 aliphatic rings. The van der Waals surface area contributed by atoms with E-state index in [4.69, 9.17) is 5.73 Å². The first-order valence-electron chi connectivity index (χ1n) is 6.54. The minimum Gasteiger partial charge on any atom is -0.396 e. The van der Waals surface area contributed by atoms with Gasteiger partial charge in [0.2, 0.25) is 5.91 Å². The second kappa shape index (κ2) is 8.11. The average Bonchev–Trinajstić information content (AvgIpc) is 2.38. The molecule has 0 saturated carbocycles. The first-order chi connectivity index (χ1) is 9.40. The summed E-state index contributed by atoms with van der Waals surface area (Å²) in [6, 6.07) is 4.11. The van der Waals surface area contributed by atoms with E-state index in [1.165, 1.54) is 18.2 Å². The highest BCUT2D eigenvalue weighted by Crippen LogP contribution is 2.18. The highest BCUT2D eigenvalue weighted by Gasteiger charge is 2.09. The molecule has 4 N–H and O–H groups in total. The number of rotatable bonds is 7. The van der Waals surface area contributed by atoms with E-state index in [9.17, 15) is 14.3 Å². The molecular formula is C14H21FN2O2S. The standard InChI is InChI=1S/C14H21FN2O2S/c1-9(18)10(2)20-7-3-4-14(19)17-11-5-6-12(15)13(16)8-11/h5-6,8-10,18H,3-4,7,16H2,1-2H3,(H,17,19). The third-order valence-electron chi connectivity index (χ3n) is 2.89. The molecule has 0 heterocycles. The molecule has 1 rings (SSSR count). The topological polar surface area (TPSA) is 75.3 Å². The SMILES string of the molecule is CC(O)C(C)SCCCC(=O)Nc1ccc(F)c(N)c1. The van der Waals surface area contributed by atoms with Crippen molar-refractivity contribution in [3.63, 3.8) is 0 Å². The number of aliphatic hydroxyl groups excluding tert-OH is 1. The lowest BCUT2D eigenvalue weighted by atomic mass is 10.2. The third-order valence-corrected chi connectivity index (χ3v) is 4.33. The molecular weight excluding hydrogens is 279 g/mol. The van der Waals surface area contributed by atoms with Crippen LogP contribution in [-0.4, -0.2) is 28.1 Å². The summed E-state index contributed by atoms with van der Waals surface area (Å²) in [4.78, 5) is 11.7. The van der Waals surface area contributed by atoms with E-state index in [0.29, 0.717) is 12.1 Å². The molecule has 0 fully saturated rings. The van der Waals surface area contributed by atoms with Crippen molar-refractivity contribution in [2.24, 2.45) is 0 Å². The number of nitrogens with one attached hydrogen (secondary N) is 1. The first kappa shape index (κ1) is 16.8. The van der Waals surface area contributed by atoms with Crippen molar-refractivity contribution < 1.29 is 14.3 Å². The van der Waals surface area contributed by atoms with Crippen molar-refractivity contribution in [3.8, 4) is 0 Å². The number of thioether (sulfide) groups is 1. The number of carbonyl (C=O) groups excluding carboxylic acids is 1. The summed E-state index contributed by atoms with van der Waals surface area (Å²) in [5, 5.41) is 12.2. The molecule has 112 valence electrons. The number of amides is 1. The van der Waals surface area contributed by atoms with Crippen LogP contribution in [0.3, 0.4) is 0 Å². The van der Waals surface area contributed by atoms with Crippen LogP contribution < -0.4 is 11.1 Å². The fourth-order valence-electron chi connectivity index (χ4n) is 1.49. The number of aliphatic hydroxyl groups is 1. The highest BCUT2D eigenvalue weighted by molar-refractivity contribution is 7.99. The monoisotopic (exact) mass is 300 g/mol. The van der Waals surface area contributed by atoms with Crippen molar-refractivity contribution in [1.29, 1.82) is 0 Å². The van der Waals surface area contributed by atoms with E-state index in [0.717, 1.165) is 12.2 Å². The molecule has 20 heavy (non-hydrogen) atoms. The number of carbonyl (C=O) groups is 1. The van der Waals surface area contributed by atoms with E-state index in [2.05, 4.69) is 5.32 Å². The Hall–Kier alpha value is -1.27. The van der Waals surface area contributed by atoms with Crippen molar-refractivity contribution in [2.45, 2.75) is 38.0 Å². The lowest BCUT2D eigenvalue weighted by Crippen LogP contribution is -2.16. The number of nitrogens with two attached hydrogens (primary N) is 1. The van der Waals surface area contributed by atoms with Crippen LogP contribution in [0.2, 0.25) is 0 Å². The maximum absolute atomic E-state index is 13.0. The molecule has 0 aliphatic heterocycles. The Balaban J connectivity index is 2.28. The Morgan fingerprint density at radius 2 is 2.20 bits per heavy atom. The largest absolute Gasteiger partial charge is 0.396 e. The van der Waals surface area contributed by atoms with Gasteiger partial charge in [-0.2, -0.15) is 11.8 Å². The fraction of sp³-hybridized carbons (Fsp3) is 0.500. The van der Waals surface area contributed by atoms with Gasteiger partial charge in [-0.25, -0.2) is 4.39 Å². The molecule has 1 aromatic rings. The van der Waals surface area contributed by atoms with E-state index in [1.807, 2.05) is 6.92 Å². The zero-order valence-corrected chi connectivity index (χ0v) is 12.5. The van der Waals surface area contributed by atoms with Crippen molar-refractivity contribution in [2.75, 3.05) is 16.8 Å². The van der Waals surface area contributed by atoms with Crippen LogP contribution in [0, 0.1) is 5.82 Å². The summed E-state index contributed by atoms with van der Waals surface area (Å²) < 4.78 is 13.0. The number of hydrogen-bond acceptors (Lipinski definition) is 4. The highest BCUT2D eigenvalue weighted by atomic mass is 32.2. The summed E-state index contributed by atoms with van der Waals surface area (Å²) in [7, 11) is 0. The van der Waals surface area contributed by atoms with Crippen LogP contribution in [0.1, 0.15) is 26.7 Å². The van der Waals surface area contributed by atoms with E-state index >= 15 is 0 Å². The second-order valence-corrected chi connectivity index (χ2v) is 6.19. The van der Waals surface area contributed by atoms with Crippen molar-refractivity contribution >= 4 is 29.0 Å². The Bertz CT molecular complexity index is 455. The number of anilines is 2. The fourth-order valence-corrected chi connectivity index (χ4v) is 2.45. The van der Waals surface area contributed by atoms with E-state index in [1.54, 1.807) is 18.7 Å². The molecule has 1 amide bonds. The van der Waals surface area contributed by atoms with Gasteiger partial charge in [0.1, 0.15) is 5.82 Å². The van der Waals surface area contributed by atoms with E-state index < -0.39 is 5.82 Å². The predicted octanol–water partition coefficient (Wildman–Crippen LogP) is 2.63. The Morgan fingerprint density at radius 1 is 1.50 bits per heavy atom. The molecule has 4 nitrogen and oxygen atoms in total. The van der Waals surface area contributed by atoms with Gasteiger partial charge in [-0.15, -0.1) is 0 Å². The smallest absolute Gasteiger partial charge is 0.224 e. The summed E-state index contributed by atoms with van der Waals surface area (Å²) in [6.07, 6.45) is 0.761. The summed E-state index contributed by atoms with van der Waals surface area (Å²) in [6.45, 7) is 3.71. The van der Waals surface area contributed by atoms with Gasteiger partial charge in [-0.05, 0) is 37.3 Å². The molecule has 2 unspecified atom stereocenters. The lowest BCUT2D eigenvalue weighted by molar-refractivity contribution is -0.116. The maximum Gasteiger partial charge on any atom is 0.224 e. The molecule has 1 aromatic carbocycles. The Labute approximate surface area is 122 Å². The van der Waals surface area contributed by atoms with Crippen LogP contribution in [0.25, 0.3) is 0 Å². The van der Waals surface area contributed by atoms with Crippen LogP contribution in [0.15, 0.2) is 18.2 Å². The minimum absolute atomic E-state index is 0.0177. The van der Waals surface area contributed by atoms with Gasteiger partial charge in [0, 0.05) is 17.4 Å². The van der Waals surface area contributed by atoms with Gasteiger partial charge >= 0.3 is 0 Å². The molecule has 2 atom stereocenters. The van der Waals surface area contributed by atoms with Crippen LogP contribution in [0.4, 0.5) is 15.8 Å². The number of hydrogen-bond donors (Lipinski definition) is 3. The zero-order chi connectivity index (χ0) is 15.1. The number of halogens is 1. The molecule has 0 saturated heterocycles. The minimum atomic E-state index is -0.494. The quantitative estimate of drug-likeness (QED) is 0.534. The van der Waals surface area contributed by atoms with Crippen molar-refractivity contribution in [1.82, 2.24) is 0 Å². The number of nitrogen functional groups attached to an aromatic ring is 1. The molecule has 0 radical (unpaired) electrons. The Kier molecular flexibility index (Phi) is 6.81. The zero-order valence-electron chi connectivity index (χ0n) is 11.7. The first-order valence-corrected chi connectivity index (χ1v) is 7.59. The maximum atomic E-state index is 13.0. The molecule has 0 aromatic heterocycles. The van der Waals surface area contributed by atoms with Gasteiger partial charge in [0.25, 0.3) is 0 Å². The molecule has 0 aliphatic carbocycles. The summed E-state index contributed by atoms with van der Waals surface area (Å²) in [5.74, 6) is 0.193. The normalized spacial score (nSPS) is 13.8. The van der Waals surface area contributed by atoms with Crippen LogP contribution in [-0.2, 0) is 4.79 Å². The van der Waals surface area contributed by atoms with Crippen LogP contribution in [0.5, 0.6) is 0 Å². The molecule has 0 bridgehead atoms. The average molecular weight is 300 g/mol. The summed E-state index contributed by atoms with van der Waals surface area (Å²) in [5.41, 5.74) is 5.94. The molecule has 6 heteroatoms. The van der Waals surface area contributed by atoms with Gasteiger partial charge in [0.05, 0.1) is 11.8 Å². The van der Waals surface area contributed by atoms with Gasteiger partial charge in [-0.3, -0.25) is 4.79 Å². The molecule has 0 spiro atoms. The van der Waals surface area contributed by atoms with Gasteiger partial charge in [-0.1, -0.05) is 6.92 Å². The third kappa shape index (κ3) is 5.79. The van der Waals surface area contributed by atoms with Crippen LogP contribution >= 0.6 is 11.8 Å². The van der Waals surface area contributed by atoms with Gasteiger partial charge in [0.15, 0.2) is 0 Å². The Morgan fingerprint density at radius 3 is 2.80 bits per heavy atom. The van der Waals surface area contributed by atoms with Crippen molar-refractivity contribution in [3.05, 3.63) is 24.0 Å². The lowest BCUT2D eigenvalue weighted by Gasteiger charge is -2.13. The second-order valence-electron chi connectivity index (χ2n) is 4.70. The van der Waals surface area contributed by atoms with E-state index in [-0.39, 0.29) is 22.9 Å². The van der Waals surface area contributed by atoms with Gasteiger partial charge < -0.3 is 16.2 Å².